The highest BCUT2D eigenvalue weighted by molar-refractivity contribution is 7.91. The van der Waals surface area contributed by atoms with Gasteiger partial charge in [0.25, 0.3) is 0 Å². The molecule has 0 radical (unpaired) electrons. The predicted molar refractivity (Wildman–Crippen MR) is 83.1 cm³/mol. The van der Waals surface area contributed by atoms with Gasteiger partial charge < -0.3 is 10.1 Å². The van der Waals surface area contributed by atoms with Gasteiger partial charge in [0.05, 0.1) is 12.9 Å². The second kappa shape index (κ2) is 8.27. The zero-order valence-electron chi connectivity index (χ0n) is 12.6. The molecule has 0 aromatic heterocycles. The molecule has 1 aromatic rings. The minimum atomic E-state index is -2.90. The van der Waals surface area contributed by atoms with Gasteiger partial charge in [0, 0.05) is 5.75 Å². The lowest BCUT2D eigenvalue weighted by atomic mass is 9.96. The summed E-state index contributed by atoms with van der Waals surface area (Å²) in [5.74, 6) is 1.63. The molecule has 4 nitrogen and oxygen atoms in total. The number of methoxy groups -OCH3 is 1. The Balaban J connectivity index is 2.71. The lowest BCUT2D eigenvalue weighted by Gasteiger charge is -2.18. The Morgan fingerprint density at radius 3 is 2.60 bits per heavy atom. The van der Waals surface area contributed by atoms with Crippen LogP contribution in [0.3, 0.4) is 0 Å². The van der Waals surface area contributed by atoms with Crippen LogP contribution >= 0.6 is 0 Å². The molecule has 0 saturated carbocycles. The van der Waals surface area contributed by atoms with Crippen molar-refractivity contribution in [3.05, 3.63) is 29.8 Å². The SMILES string of the molecule is CCS(=O)(=O)CCC(CNC)Cc1ccccc1OC. The summed E-state index contributed by atoms with van der Waals surface area (Å²) in [5, 5.41) is 3.14. The zero-order valence-corrected chi connectivity index (χ0v) is 13.4. The smallest absolute Gasteiger partial charge is 0.150 e. The fourth-order valence-corrected chi connectivity index (χ4v) is 3.22. The van der Waals surface area contributed by atoms with Crippen LogP contribution in [0.15, 0.2) is 24.3 Å². The highest BCUT2D eigenvalue weighted by Crippen LogP contribution is 2.22. The van der Waals surface area contributed by atoms with Crippen molar-refractivity contribution in [1.29, 1.82) is 0 Å². The molecular formula is C15H25NO3S. The maximum atomic E-state index is 11.6. The van der Waals surface area contributed by atoms with E-state index in [0.29, 0.717) is 6.42 Å². The van der Waals surface area contributed by atoms with Crippen LogP contribution in [0, 0.1) is 5.92 Å². The molecule has 0 saturated heterocycles. The van der Waals surface area contributed by atoms with Gasteiger partial charge in [-0.25, -0.2) is 8.42 Å². The van der Waals surface area contributed by atoms with E-state index in [1.807, 2.05) is 31.3 Å². The van der Waals surface area contributed by atoms with Crippen molar-refractivity contribution in [2.45, 2.75) is 19.8 Å². The summed E-state index contributed by atoms with van der Waals surface area (Å²) in [4.78, 5) is 0. The summed E-state index contributed by atoms with van der Waals surface area (Å²) in [7, 11) is 0.653. The van der Waals surface area contributed by atoms with Crippen LogP contribution in [0.1, 0.15) is 18.9 Å². The van der Waals surface area contributed by atoms with E-state index in [1.54, 1.807) is 14.0 Å². The molecule has 0 spiro atoms. The third-order valence-electron chi connectivity index (χ3n) is 3.47. The molecule has 1 rings (SSSR count). The maximum Gasteiger partial charge on any atom is 0.150 e. The van der Waals surface area contributed by atoms with E-state index in [4.69, 9.17) is 4.74 Å². The minimum absolute atomic E-state index is 0.216. The molecule has 0 aliphatic rings. The monoisotopic (exact) mass is 299 g/mol. The Bertz CT molecular complexity index is 500. The van der Waals surface area contributed by atoms with Gasteiger partial charge >= 0.3 is 0 Å². The third-order valence-corrected chi connectivity index (χ3v) is 5.21. The second-order valence-electron chi connectivity index (χ2n) is 4.96. The summed E-state index contributed by atoms with van der Waals surface area (Å²) in [5.41, 5.74) is 1.13. The van der Waals surface area contributed by atoms with Gasteiger partial charge in [0.2, 0.25) is 0 Å². The van der Waals surface area contributed by atoms with Crippen LogP contribution in [0.4, 0.5) is 0 Å². The van der Waals surface area contributed by atoms with Gasteiger partial charge in [-0.1, -0.05) is 25.1 Å². The third kappa shape index (κ3) is 5.51. The van der Waals surface area contributed by atoms with Gasteiger partial charge in [-0.05, 0) is 44.0 Å². The van der Waals surface area contributed by atoms with Crippen LogP contribution in [0.5, 0.6) is 5.75 Å². The van der Waals surface area contributed by atoms with Crippen LogP contribution < -0.4 is 10.1 Å². The number of ether oxygens (including phenoxy) is 1. The molecule has 0 fully saturated rings. The van der Waals surface area contributed by atoms with Crippen molar-refractivity contribution in [1.82, 2.24) is 5.32 Å². The van der Waals surface area contributed by atoms with E-state index in [2.05, 4.69) is 5.32 Å². The molecule has 0 aliphatic carbocycles. The Kier molecular flexibility index (Phi) is 7.02. The summed E-state index contributed by atoms with van der Waals surface area (Å²) >= 11 is 0. The molecule has 1 aromatic carbocycles. The summed E-state index contributed by atoms with van der Waals surface area (Å²) in [6.07, 6.45) is 1.50. The Hall–Kier alpha value is -1.07. The van der Waals surface area contributed by atoms with Crippen molar-refractivity contribution >= 4 is 9.84 Å². The summed E-state index contributed by atoms with van der Waals surface area (Å²) in [6.45, 7) is 2.50. The molecule has 1 N–H and O–H groups in total. The van der Waals surface area contributed by atoms with Crippen LogP contribution in [0.25, 0.3) is 0 Å². The highest BCUT2D eigenvalue weighted by Gasteiger charge is 2.16. The maximum absolute atomic E-state index is 11.6. The first-order valence-electron chi connectivity index (χ1n) is 6.99. The van der Waals surface area contributed by atoms with Crippen LogP contribution in [-0.4, -0.2) is 40.6 Å². The number of sulfone groups is 1. The second-order valence-corrected chi connectivity index (χ2v) is 7.44. The van der Waals surface area contributed by atoms with E-state index >= 15 is 0 Å². The average molecular weight is 299 g/mol. The molecule has 5 heteroatoms. The fraction of sp³-hybridized carbons (Fsp3) is 0.600. The molecule has 0 heterocycles. The molecule has 20 heavy (non-hydrogen) atoms. The first-order chi connectivity index (χ1) is 9.52. The molecule has 0 amide bonds. The van der Waals surface area contributed by atoms with Crippen molar-refractivity contribution in [2.75, 3.05) is 32.2 Å². The minimum Gasteiger partial charge on any atom is -0.496 e. The number of benzene rings is 1. The van der Waals surface area contributed by atoms with E-state index in [0.717, 1.165) is 24.3 Å². The van der Waals surface area contributed by atoms with Crippen molar-refractivity contribution in [3.63, 3.8) is 0 Å². The van der Waals surface area contributed by atoms with Gasteiger partial charge in [-0.3, -0.25) is 0 Å². The topological polar surface area (TPSA) is 55.4 Å². The van der Waals surface area contributed by atoms with Crippen molar-refractivity contribution in [2.24, 2.45) is 5.92 Å². The first kappa shape index (κ1) is 17.0. The lowest BCUT2D eigenvalue weighted by molar-refractivity contribution is 0.400. The molecule has 0 bridgehead atoms. The number of rotatable bonds is 9. The van der Waals surface area contributed by atoms with Crippen LogP contribution in [0.2, 0.25) is 0 Å². The predicted octanol–water partition coefficient (Wildman–Crippen LogP) is 1.90. The van der Waals surface area contributed by atoms with Gasteiger partial charge in [0.1, 0.15) is 15.6 Å². The standard InChI is InChI=1S/C15H25NO3S/c1-4-20(17,18)10-9-13(12-16-2)11-14-7-5-6-8-15(14)19-3/h5-8,13,16H,4,9-12H2,1-3H3. The quantitative estimate of drug-likeness (QED) is 0.756. The van der Waals surface area contributed by atoms with Gasteiger partial charge in [-0.2, -0.15) is 0 Å². The van der Waals surface area contributed by atoms with E-state index in [9.17, 15) is 8.42 Å². The molecule has 1 unspecified atom stereocenters. The van der Waals surface area contributed by atoms with E-state index in [-0.39, 0.29) is 17.4 Å². The first-order valence-corrected chi connectivity index (χ1v) is 8.81. The Morgan fingerprint density at radius 1 is 1.30 bits per heavy atom. The van der Waals surface area contributed by atoms with E-state index in [1.165, 1.54) is 0 Å². The molecular weight excluding hydrogens is 274 g/mol. The number of nitrogens with one attached hydrogen (secondary N) is 1. The van der Waals surface area contributed by atoms with Crippen molar-refractivity contribution in [3.8, 4) is 5.75 Å². The summed E-state index contributed by atoms with van der Waals surface area (Å²) in [6, 6.07) is 7.90. The fourth-order valence-electron chi connectivity index (χ4n) is 2.24. The number of hydrogen-bond donors (Lipinski definition) is 1. The summed E-state index contributed by atoms with van der Waals surface area (Å²) < 4.78 is 28.6. The van der Waals surface area contributed by atoms with Crippen LogP contribution in [-0.2, 0) is 16.3 Å². The molecule has 1 atom stereocenters. The highest BCUT2D eigenvalue weighted by atomic mass is 32.2. The average Bonchev–Trinajstić information content (AvgIpc) is 2.45. The normalized spacial score (nSPS) is 13.2. The Morgan fingerprint density at radius 2 is 2.00 bits per heavy atom. The molecule has 0 aliphatic heterocycles. The largest absolute Gasteiger partial charge is 0.496 e. The van der Waals surface area contributed by atoms with E-state index < -0.39 is 9.84 Å². The zero-order chi connectivity index (χ0) is 15.0. The number of hydrogen-bond acceptors (Lipinski definition) is 4. The van der Waals surface area contributed by atoms with Gasteiger partial charge in [0.15, 0.2) is 0 Å². The Labute approximate surface area is 122 Å². The lowest BCUT2D eigenvalue weighted by Crippen LogP contribution is -2.24. The molecule has 114 valence electrons. The van der Waals surface area contributed by atoms with Gasteiger partial charge in [-0.15, -0.1) is 0 Å². The number of para-hydroxylation sites is 1. The van der Waals surface area contributed by atoms with Crippen molar-refractivity contribution < 1.29 is 13.2 Å².